The first kappa shape index (κ1) is 18.4. The number of aromatic nitrogens is 1. The number of nitrogens with zero attached hydrogens (tertiary/aromatic N) is 3. The molecule has 144 valence electrons. The number of rotatable bonds is 4. The number of thiazole rings is 1. The van der Waals surface area contributed by atoms with Crippen molar-refractivity contribution in [3.63, 3.8) is 0 Å². The highest BCUT2D eigenvalue weighted by molar-refractivity contribution is 7.16. The fourth-order valence-corrected chi connectivity index (χ4v) is 4.65. The van der Waals surface area contributed by atoms with Crippen LogP contribution in [0.2, 0.25) is 0 Å². The molecule has 1 aliphatic heterocycles. The average Bonchev–Trinajstić information content (AvgIpc) is 3.28. The lowest BCUT2D eigenvalue weighted by atomic mass is 10.2. The largest absolute Gasteiger partial charge is 0.486 e. The topological polar surface area (TPSA) is 96.0 Å². The van der Waals surface area contributed by atoms with E-state index in [0.29, 0.717) is 40.9 Å². The number of ether oxygens (including phenoxy) is 2. The smallest absolute Gasteiger partial charge is 0.324 e. The van der Waals surface area contributed by atoms with Gasteiger partial charge in [-0.3, -0.25) is 14.9 Å². The predicted molar refractivity (Wildman–Crippen MR) is 107 cm³/mol. The average molecular weight is 417 g/mol. The van der Waals surface area contributed by atoms with Crippen molar-refractivity contribution in [3.05, 3.63) is 50.1 Å². The summed E-state index contributed by atoms with van der Waals surface area (Å²) in [4.78, 5) is 28.0. The fraction of sp³-hybridized carbons (Fsp3) is 0.222. The molecule has 0 N–H and O–H groups in total. The highest BCUT2D eigenvalue weighted by atomic mass is 32.1. The Morgan fingerprint density at radius 2 is 2.04 bits per heavy atom. The number of thiophene rings is 1. The van der Waals surface area contributed by atoms with Gasteiger partial charge < -0.3 is 14.0 Å². The number of carbonyl (C=O) groups excluding carboxylic acids is 1. The summed E-state index contributed by atoms with van der Waals surface area (Å²) >= 11 is 2.40. The minimum absolute atomic E-state index is 0.0331. The van der Waals surface area contributed by atoms with Crippen molar-refractivity contribution >= 4 is 49.9 Å². The van der Waals surface area contributed by atoms with Gasteiger partial charge in [0.2, 0.25) is 0 Å². The van der Waals surface area contributed by atoms with E-state index >= 15 is 0 Å². The van der Waals surface area contributed by atoms with E-state index < -0.39 is 10.8 Å². The molecule has 1 amide bonds. The first-order valence-corrected chi connectivity index (χ1v) is 10.1. The summed E-state index contributed by atoms with van der Waals surface area (Å²) in [7, 11) is 0. The molecule has 3 aromatic rings. The number of hydrogen-bond acceptors (Lipinski definition) is 7. The first-order chi connectivity index (χ1) is 13.5. The number of amides is 1. The Morgan fingerprint density at radius 1 is 1.29 bits per heavy atom. The van der Waals surface area contributed by atoms with Crippen LogP contribution in [0.1, 0.15) is 11.8 Å². The van der Waals surface area contributed by atoms with Gasteiger partial charge in [-0.15, -0.1) is 0 Å². The van der Waals surface area contributed by atoms with Crippen LogP contribution in [-0.2, 0) is 11.3 Å². The molecule has 0 unspecified atom stereocenters. The second kappa shape index (κ2) is 7.56. The third kappa shape index (κ3) is 3.56. The summed E-state index contributed by atoms with van der Waals surface area (Å²) in [6.07, 6.45) is 2.85. The lowest BCUT2D eigenvalue weighted by molar-refractivity contribution is -0.380. The molecule has 0 aliphatic carbocycles. The highest BCUT2D eigenvalue weighted by Crippen LogP contribution is 2.35. The molecule has 8 nitrogen and oxygen atoms in total. The highest BCUT2D eigenvalue weighted by Gasteiger charge is 2.16. The number of hydrogen-bond donors (Lipinski definition) is 0. The van der Waals surface area contributed by atoms with Crippen molar-refractivity contribution in [3.8, 4) is 11.5 Å². The van der Waals surface area contributed by atoms with Gasteiger partial charge in [0.15, 0.2) is 16.3 Å². The summed E-state index contributed by atoms with van der Waals surface area (Å²) in [5.74, 6) is 0.957. The normalized spacial score (nSPS) is 14.1. The fourth-order valence-electron chi connectivity index (χ4n) is 2.81. The first-order valence-electron chi connectivity index (χ1n) is 8.49. The molecule has 1 aliphatic rings. The molecule has 0 atom stereocenters. The van der Waals surface area contributed by atoms with Crippen molar-refractivity contribution in [2.75, 3.05) is 13.2 Å². The van der Waals surface area contributed by atoms with E-state index in [2.05, 4.69) is 4.99 Å². The molecule has 3 heterocycles. The van der Waals surface area contributed by atoms with Gasteiger partial charge in [-0.2, -0.15) is 4.99 Å². The lowest BCUT2D eigenvalue weighted by Gasteiger charge is -2.18. The van der Waals surface area contributed by atoms with Crippen LogP contribution in [0.5, 0.6) is 11.5 Å². The molecule has 0 spiro atoms. The minimum Gasteiger partial charge on any atom is -0.486 e. The zero-order valence-electron chi connectivity index (χ0n) is 14.8. The van der Waals surface area contributed by atoms with Gasteiger partial charge in [-0.05, 0) is 19.1 Å². The standard InChI is InChI=1S/C18H15N3O5S2/c1-2-20-12-9-13-14(26-8-7-25-13)10-15(12)28-18(20)19-16(22)5-3-11-4-6-17(27-11)21(23)24/h3-6,9-10H,2,7-8H2,1H3. The monoisotopic (exact) mass is 417 g/mol. The lowest BCUT2D eigenvalue weighted by Crippen LogP contribution is -2.16. The zero-order valence-corrected chi connectivity index (χ0v) is 16.4. The van der Waals surface area contributed by atoms with E-state index in [1.165, 1.54) is 29.6 Å². The quantitative estimate of drug-likeness (QED) is 0.367. The van der Waals surface area contributed by atoms with Crippen molar-refractivity contribution < 1.29 is 19.2 Å². The second-order valence-corrected chi connectivity index (χ2v) is 7.91. The van der Waals surface area contributed by atoms with E-state index in [1.54, 1.807) is 6.07 Å². The van der Waals surface area contributed by atoms with Gasteiger partial charge >= 0.3 is 5.00 Å². The summed E-state index contributed by atoms with van der Waals surface area (Å²) < 4.78 is 14.2. The Morgan fingerprint density at radius 3 is 2.71 bits per heavy atom. The van der Waals surface area contributed by atoms with Gasteiger partial charge in [-0.25, -0.2) is 0 Å². The van der Waals surface area contributed by atoms with Gasteiger partial charge in [0, 0.05) is 35.7 Å². The van der Waals surface area contributed by atoms with Crippen LogP contribution < -0.4 is 14.3 Å². The Kier molecular flexibility index (Phi) is 4.97. The molecule has 0 saturated heterocycles. The second-order valence-electron chi connectivity index (χ2n) is 5.81. The van der Waals surface area contributed by atoms with Gasteiger partial charge in [0.25, 0.3) is 5.91 Å². The molecule has 0 radical (unpaired) electrons. The van der Waals surface area contributed by atoms with Crippen LogP contribution in [-0.4, -0.2) is 28.6 Å². The van der Waals surface area contributed by atoms with Gasteiger partial charge in [0.05, 0.1) is 15.1 Å². The van der Waals surface area contributed by atoms with E-state index in [-0.39, 0.29) is 5.00 Å². The number of carbonyl (C=O) groups is 1. The van der Waals surface area contributed by atoms with Gasteiger partial charge in [-0.1, -0.05) is 22.7 Å². The maximum Gasteiger partial charge on any atom is 0.324 e. The summed E-state index contributed by atoms with van der Waals surface area (Å²) in [6.45, 7) is 3.65. The maximum atomic E-state index is 12.3. The van der Waals surface area contributed by atoms with Crippen LogP contribution in [0.25, 0.3) is 16.3 Å². The van der Waals surface area contributed by atoms with Crippen LogP contribution in [0.4, 0.5) is 5.00 Å². The maximum absolute atomic E-state index is 12.3. The summed E-state index contributed by atoms with van der Waals surface area (Å²) in [6, 6.07) is 6.83. The number of fused-ring (bicyclic) bond motifs is 2. The zero-order chi connectivity index (χ0) is 19.7. The van der Waals surface area contributed by atoms with Crippen LogP contribution in [0, 0.1) is 10.1 Å². The van der Waals surface area contributed by atoms with Crippen molar-refractivity contribution in [1.82, 2.24) is 4.57 Å². The molecule has 0 fully saturated rings. The summed E-state index contributed by atoms with van der Waals surface area (Å²) in [5.41, 5.74) is 0.932. The number of aryl methyl sites for hydroxylation is 1. The van der Waals surface area contributed by atoms with Crippen LogP contribution in [0.15, 0.2) is 35.3 Å². The molecular formula is C18H15N3O5S2. The van der Waals surface area contributed by atoms with E-state index in [1.807, 2.05) is 23.6 Å². The van der Waals surface area contributed by atoms with Crippen molar-refractivity contribution in [2.45, 2.75) is 13.5 Å². The van der Waals surface area contributed by atoms with E-state index in [9.17, 15) is 14.9 Å². The molecule has 2 aromatic heterocycles. The molecular weight excluding hydrogens is 402 g/mol. The Hall–Kier alpha value is -2.98. The van der Waals surface area contributed by atoms with Crippen LogP contribution in [0.3, 0.4) is 0 Å². The third-order valence-corrected chi connectivity index (χ3v) is 6.09. The molecule has 0 saturated carbocycles. The van der Waals surface area contributed by atoms with Gasteiger partial charge in [0.1, 0.15) is 13.2 Å². The Balaban J connectivity index is 1.66. The number of benzene rings is 1. The Labute approximate surface area is 167 Å². The van der Waals surface area contributed by atoms with E-state index in [0.717, 1.165) is 21.6 Å². The van der Waals surface area contributed by atoms with Crippen molar-refractivity contribution in [1.29, 1.82) is 0 Å². The number of nitro groups is 1. The third-order valence-electron chi connectivity index (χ3n) is 4.05. The molecule has 4 rings (SSSR count). The molecule has 28 heavy (non-hydrogen) atoms. The molecule has 10 heteroatoms. The summed E-state index contributed by atoms with van der Waals surface area (Å²) in [5, 5.41) is 10.8. The van der Waals surface area contributed by atoms with E-state index in [4.69, 9.17) is 9.47 Å². The van der Waals surface area contributed by atoms with Crippen molar-refractivity contribution in [2.24, 2.45) is 4.99 Å². The minimum atomic E-state index is -0.456. The predicted octanol–water partition coefficient (Wildman–Crippen LogP) is 3.60. The SMILES string of the molecule is CCn1c(=NC(=O)C=Cc2ccc([N+](=O)[O-])s2)sc2cc3c(cc21)OCCO3. The molecule has 0 bridgehead atoms. The van der Waals surface area contributed by atoms with Crippen LogP contribution >= 0.6 is 22.7 Å². The molecule has 1 aromatic carbocycles. The Bertz CT molecular complexity index is 1170.